The van der Waals surface area contributed by atoms with E-state index in [0.29, 0.717) is 25.8 Å². The lowest BCUT2D eigenvalue weighted by atomic mass is 9.78. The van der Waals surface area contributed by atoms with Crippen molar-refractivity contribution >= 4 is 5.97 Å². The molecule has 1 saturated heterocycles. The quantitative estimate of drug-likeness (QED) is 0.311. The Kier molecular flexibility index (Phi) is 9.04. The number of piperidine rings is 1. The molecule has 3 rings (SSSR count). The van der Waals surface area contributed by atoms with E-state index in [1.165, 1.54) is 12.1 Å². The minimum absolute atomic E-state index is 0.0614. The minimum Gasteiger partial charge on any atom is -0.481 e. The second kappa shape index (κ2) is 11.4. The molecule has 1 aliphatic rings. The molecule has 0 amide bonds. The van der Waals surface area contributed by atoms with Crippen molar-refractivity contribution in [2.45, 2.75) is 70.3 Å². The summed E-state index contributed by atoms with van der Waals surface area (Å²) in [4.78, 5) is 13.2. The first kappa shape index (κ1) is 30.8. The van der Waals surface area contributed by atoms with Gasteiger partial charge in [0.1, 0.15) is 0 Å². The van der Waals surface area contributed by atoms with Gasteiger partial charge in [-0.3, -0.25) is 9.69 Å². The maximum atomic E-state index is 14.9. The van der Waals surface area contributed by atoms with Crippen molar-refractivity contribution in [2.24, 2.45) is 11.3 Å². The fourth-order valence-corrected chi connectivity index (χ4v) is 5.33. The van der Waals surface area contributed by atoms with Crippen LogP contribution in [0.4, 0.5) is 35.1 Å². The van der Waals surface area contributed by atoms with Gasteiger partial charge in [-0.25, -0.2) is 8.78 Å². The molecule has 3 nitrogen and oxygen atoms in total. The van der Waals surface area contributed by atoms with Crippen LogP contribution in [0.1, 0.15) is 67.8 Å². The van der Waals surface area contributed by atoms with Crippen LogP contribution in [0.5, 0.6) is 0 Å². The predicted octanol–water partition coefficient (Wildman–Crippen LogP) is 8.25. The van der Waals surface area contributed by atoms with Gasteiger partial charge in [-0.1, -0.05) is 38.1 Å². The lowest BCUT2D eigenvalue weighted by Crippen LogP contribution is -2.50. The highest BCUT2D eigenvalue weighted by atomic mass is 19.4. The number of likely N-dealkylation sites (tertiary alicyclic amines) is 1. The van der Waals surface area contributed by atoms with Crippen molar-refractivity contribution in [1.29, 1.82) is 0 Å². The number of alkyl halides is 8. The fourth-order valence-electron chi connectivity index (χ4n) is 5.33. The van der Waals surface area contributed by atoms with Gasteiger partial charge in [0.15, 0.2) is 0 Å². The van der Waals surface area contributed by atoms with Gasteiger partial charge in [-0.2, -0.15) is 26.3 Å². The molecule has 1 aliphatic heterocycles. The predicted molar refractivity (Wildman–Crippen MR) is 129 cm³/mol. The number of rotatable bonds is 9. The number of hydrogen-bond donors (Lipinski definition) is 1. The molecular formula is C28H31F8NO2. The first-order valence-corrected chi connectivity index (χ1v) is 12.6. The van der Waals surface area contributed by atoms with Crippen LogP contribution in [0.2, 0.25) is 0 Å². The maximum Gasteiger partial charge on any atom is 0.416 e. The van der Waals surface area contributed by atoms with Crippen molar-refractivity contribution in [3.05, 3.63) is 70.8 Å². The number of carbonyl (C=O) groups is 1. The number of aliphatic carboxylic acids is 1. The summed E-state index contributed by atoms with van der Waals surface area (Å²) in [5.41, 5.74) is -1.10. The average molecular weight is 566 g/mol. The van der Waals surface area contributed by atoms with E-state index in [-0.39, 0.29) is 17.5 Å². The van der Waals surface area contributed by atoms with Gasteiger partial charge in [0.05, 0.1) is 23.5 Å². The Morgan fingerprint density at radius 1 is 0.923 bits per heavy atom. The van der Waals surface area contributed by atoms with Crippen molar-refractivity contribution in [3.8, 4) is 0 Å². The van der Waals surface area contributed by atoms with E-state index in [1.54, 1.807) is 4.90 Å². The maximum absolute atomic E-state index is 14.9. The molecule has 11 heteroatoms. The van der Waals surface area contributed by atoms with Crippen LogP contribution in [0.15, 0.2) is 48.5 Å². The molecule has 1 heterocycles. The van der Waals surface area contributed by atoms with Crippen molar-refractivity contribution in [2.75, 3.05) is 13.1 Å². The summed E-state index contributed by atoms with van der Waals surface area (Å²) in [6, 6.07) is 7.69. The Morgan fingerprint density at radius 2 is 1.44 bits per heavy atom. The number of benzene rings is 2. The molecule has 2 aromatic carbocycles. The Morgan fingerprint density at radius 3 is 1.92 bits per heavy atom. The summed E-state index contributed by atoms with van der Waals surface area (Å²) >= 11 is 0. The highest BCUT2D eigenvalue weighted by molar-refractivity contribution is 5.67. The number of carboxylic acid groups (broad SMARTS) is 1. The summed E-state index contributed by atoms with van der Waals surface area (Å²) < 4.78 is 108. The van der Waals surface area contributed by atoms with E-state index in [0.717, 1.165) is 42.0 Å². The molecule has 216 valence electrons. The molecule has 2 aromatic rings. The molecule has 2 unspecified atom stereocenters. The van der Waals surface area contributed by atoms with Gasteiger partial charge in [-0.15, -0.1) is 0 Å². The second-order valence-corrected chi connectivity index (χ2v) is 11.0. The van der Waals surface area contributed by atoms with E-state index in [2.05, 4.69) is 0 Å². The molecule has 39 heavy (non-hydrogen) atoms. The van der Waals surface area contributed by atoms with Crippen molar-refractivity contribution in [3.63, 3.8) is 0 Å². The van der Waals surface area contributed by atoms with Crippen molar-refractivity contribution in [1.82, 2.24) is 4.90 Å². The normalized spacial score (nSPS) is 20.7. The monoisotopic (exact) mass is 565 g/mol. The molecule has 0 bridgehead atoms. The van der Waals surface area contributed by atoms with Gasteiger partial charge in [0, 0.05) is 19.0 Å². The van der Waals surface area contributed by atoms with E-state index >= 15 is 0 Å². The molecule has 2 atom stereocenters. The number of hydrogen-bond acceptors (Lipinski definition) is 2. The first-order valence-electron chi connectivity index (χ1n) is 12.6. The SMILES string of the molecule is CC(C)(CCCN1CCC(F)(F)C(CC(=O)O)C1c1ccc(C(F)(F)F)cc1)Cc1ccc(C(F)(F)F)cc1. The van der Waals surface area contributed by atoms with Gasteiger partial charge in [-0.05, 0) is 66.6 Å². The van der Waals surface area contributed by atoms with Crippen molar-refractivity contribution < 1.29 is 45.0 Å². The van der Waals surface area contributed by atoms with Crippen LogP contribution in [0.3, 0.4) is 0 Å². The molecule has 1 fully saturated rings. The zero-order valence-corrected chi connectivity index (χ0v) is 21.5. The number of halogens is 8. The summed E-state index contributed by atoms with van der Waals surface area (Å²) in [5, 5.41) is 9.32. The molecule has 0 radical (unpaired) electrons. The van der Waals surface area contributed by atoms with Crippen LogP contribution < -0.4 is 0 Å². The third-order valence-electron chi connectivity index (χ3n) is 7.29. The highest BCUT2D eigenvalue weighted by Gasteiger charge is 2.51. The first-order chi connectivity index (χ1) is 17.9. The number of nitrogens with zero attached hydrogens (tertiary/aromatic N) is 1. The second-order valence-electron chi connectivity index (χ2n) is 11.0. The zero-order valence-electron chi connectivity index (χ0n) is 21.5. The summed E-state index contributed by atoms with van der Waals surface area (Å²) in [5.74, 6) is -6.36. The lowest BCUT2D eigenvalue weighted by Gasteiger charge is -2.45. The van der Waals surface area contributed by atoms with Gasteiger partial charge in [0.2, 0.25) is 0 Å². The van der Waals surface area contributed by atoms with E-state index in [1.807, 2.05) is 13.8 Å². The largest absolute Gasteiger partial charge is 0.481 e. The molecule has 0 spiro atoms. The summed E-state index contributed by atoms with van der Waals surface area (Å²) in [6.45, 7) is 4.12. The van der Waals surface area contributed by atoms with Crippen LogP contribution >= 0.6 is 0 Å². The highest BCUT2D eigenvalue weighted by Crippen LogP contribution is 2.47. The lowest BCUT2D eigenvalue weighted by molar-refractivity contribution is -0.158. The summed E-state index contributed by atoms with van der Waals surface area (Å²) in [7, 11) is 0. The van der Waals surface area contributed by atoms with E-state index in [4.69, 9.17) is 0 Å². The minimum atomic E-state index is -4.60. The van der Waals surface area contributed by atoms with Crippen LogP contribution in [0, 0.1) is 11.3 Å². The Balaban J connectivity index is 1.75. The molecule has 0 aromatic heterocycles. The Labute approximate surface area is 221 Å². The standard InChI is InChI=1S/C28H31F8NO2/c1-25(2,17-18-4-8-20(9-5-18)27(31,32)33)12-3-14-37-15-13-26(29,30)22(16-23(38)39)24(37)19-6-10-21(11-7-19)28(34,35)36/h4-11,22,24H,3,12-17H2,1-2H3,(H,38,39). The Hall–Kier alpha value is -2.69. The smallest absolute Gasteiger partial charge is 0.416 e. The van der Waals surface area contributed by atoms with Crippen LogP contribution in [-0.2, 0) is 23.6 Å². The molecule has 0 saturated carbocycles. The van der Waals surface area contributed by atoms with Gasteiger partial charge < -0.3 is 5.11 Å². The fraction of sp³-hybridized carbons (Fsp3) is 0.536. The van der Waals surface area contributed by atoms with Crippen LogP contribution in [-0.4, -0.2) is 35.0 Å². The van der Waals surface area contributed by atoms with E-state index in [9.17, 15) is 45.0 Å². The molecule has 0 aliphatic carbocycles. The third-order valence-corrected chi connectivity index (χ3v) is 7.29. The molecular weight excluding hydrogens is 534 g/mol. The van der Waals surface area contributed by atoms with Crippen LogP contribution in [0.25, 0.3) is 0 Å². The summed E-state index contributed by atoms with van der Waals surface area (Å²) in [6.07, 6.45) is -8.87. The Bertz CT molecular complexity index is 1110. The zero-order chi connectivity index (χ0) is 29.2. The van der Waals surface area contributed by atoms with E-state index < -0.39 is 60.2 Å². The van der Waals surface area contributed by atoms with Gasteiger partial charge >= 0.3 is 18.3 Å². The molecule has 1 N–H and O–H groups in total. The average Bonchev–Trinajstić information content (AvgIpc) is 2.80. The topological polar surface area (TPSA) is 40.5 Å². The van der Waals surface area contributed by atoms with Gasteiger partial charge in [0.25, 0.3) is 5.92 Å². The third kappa shape index (κ3) is 8.16. The number of carboxylic acids is 1.